The molecular weight excluding hydrogens is 1050 g/mol. The quantitative estimate of drug-likeness (QED) is 0.0289. The number of benzene rings is 2. The fraction of sp³-hybridized carbons (Fsp3) is 0.500. The predicted molar refractivity (Wildman–Crippen MR) is 294 cm³/mol. The molecule has 23 nitrogen and oxygen atoms in total. The van der Waals surface area contributed by atoms with E-state index in [1.54, 1.807) is 90.1 Å². The van der Waals surface area contributed by atoms with E-state index in [0.29, 0.717) is 47.1 Å². The highest BCUT2D eigenvalue weighted by Gasteiger charge is 2.45. The molecule has 2 saturated heterocycles. The molecule has 0 aliphatic carbocycles. The minimum atomic E-state index is -1.77. The fourth-order valence-corrected chi connectivity index (χ4v) is 9.20. The molecule has 3 aromatic rings. The van der Waals surface area contributed by atoms with Crippen LogP contribution < -0.4 is 30.6 Å². The molecule has 8 N–H and O–H groups in total. The minimum Gasteiger partial charge on any atom is -0.460 e. The average molecular weight is 1130 g/mol. The van der Waals surface area contributed by atoms with E-state index in [0.717, 1.165) is 56.2 Å². The van der Waals surface area contributed by atoms with Gasteiger partial charge in [-0.15, -0.1) is 0 Å². The Labute approximate surface area is 470 Å². The number of nitrogens with zero attached hydrogens (tertiary/aromatic N) is 3. The molecule has 438 valence electrons. The number of allylic oxidation sites excluding steroid dienone is 1. The van der Waals surface area contributed by atoms with Gasteiger partial charge in [-0.05, 0) is 121 Å². The molecule has 2 fully saturated rings. The van der Waals surface area contributed by atoms with Gasteiger partial charge in [-0.2, -0.15) is 0 Å². The monoisotopic (exact) mass is 1130 g/mol. The van der Waals surface area contributed by atoms with Crippen LogP contribution in [0.1, 0.15) is 114 Å². The summed E-state index contributed by atoms with van der Waals surface area (Å²) in [4.78, 5) is 105. The number of anilines is 2. The van der Waals surface area contributed by atoms with Crippen molar-refractivity contribution in [2.75, 3.05) is 43.4 Å². The zero-order valence-electron chi connectivity index (χ0n) is 46.6. The summed E-state index contributed by atoms with van der Waals surface area (Å²) in [6.07, 6.45) is 4.85. The van der Waals surface area contributed by atoms with E-state index >= 15 is 0 Å². The Morgan fingerprint density at radius 1 is 0.802 bits per heavy atom. The lowest BCUT2D eigenvalue weighted by Gasteiger charge is -2.39. The third-order valence-electron chi connectivity index (χ3n) is 13.3. The third-order valence-corrected chi connectivity index (χ3v) is 13.3. The number of nitrogens with one attached hydrogen (secondary N) is 4. The lowest BCUT2D eigenvalue weighted by Crippen LogP contribution is -2.60. The Morgan fingerprint density at radius 2 is 1.51 bits per heavy atom. The predicted octanol–water partition coefficient (Wildman–Crippen LogP) is 3.90. The molecule has 6 atom stereocenters. The lowest BCUT2D eigenvalue weighted by molar-refractivity contribution is -0.688. The molecule has 0 spiro atoms. The molecule has 1 aromatic heterocycles. The summed E-state index contributed by atoms with van der Waals surface area (Å²) in [5, 5.41) is 51.6. The van der Waals surface area contributed by atoms with Crippen molar-refractivity contribution in [1.29, 1.82) is 0 Å². The van der Waals surface area contributed by atoms with Crippen molar-refractivity contribution in [1.82, 2.24) is 20.4 Å². The standard InChI is InChI=1S/C58H75N7O16/c1-57(2,3)80-55(76)60-32-43(65-47(69)21-22-48(65)70)52(74)59-26-23-46(68)62-42-30-38(18-20-44(42)78-54-51(73)50(72)49(71)45(35-66)79-54)34-63-27-11-13-37(33-63)17-19-41(67)16-9-7-8-12-36-24-28-64(29-25-36)53(75)39-14-10-15-40(31-39)61-56(77)81-58(4,5)6/h10-11,13-15,17-22,27,30-31,33,36,43,45,49-51,54,66,71-73H,7-9,12,16,23-26,28-29,32,34-35H2,1-6H3,(H3-,59,60,61,62,68,74,76,77)/p+1/b19-17+/t43-,45+,49+,50-,51-,54-/m0/s1. The maximum absolute atomic E-state index is 13.5. The van der Waals surface area contributed by atoms with E-state index in [1.807, 2.05) is 34.0 Å². The Morgan fingerprint density at radius 3 is 2.20 bits per heavy atom. The Balaban J connectivity index is 0.998. The van der Waals surface area contributed by atoms with Crippen LogP contribution in [-0.2, 0) is 44.7 Å². The van der Waals surface area contributed by atoms with Crippen LogP contribution in [0.4, 0.5) is 21.0 Å². The van der Waals surface area contributed by atoms with E-state index < -0.39 is 96.9 Å². The molecule has 81 heavy (non-hydrogen) atoms. The normalized spacial score (nSPS) is 20.0. The number of likely N-dealkylation sites (tertiary alicyclic amines) is 1. The first-order valence-electron chi connectivity index (χ1n) is 27.2. The molecule has 6 rings (SSSR count). The number of hydrogen-bond donors (Lipinski definition) is 8. The van der Waals surface area contributed by atoms with Gasteiger partial charge in [0.25, 0.3) is 17.7 Å². The number of aromatic nitrogens is 1. The lowest BCUT2D eigenvalue weighted by atomic mass is 9.90. The second-order valence-electron chi connectivity index (χ2n) is 22.2. The van der Waals surface area contributed by atoms with Crippen LogP contribution in [0.5, 0.6) is 5.75 Å². The van der Waals surface area contributed by atoms with Crippen LogP contribution in [0.3, 0.4) is 0 Å². The van der Waals surface area contributed by atoms with Crippen LogP contribution in [0.25, 0.3) is 6.08 Å². The molecule has 3 aliphatic rings. The smallest absolute Gasteiger partial charge is 0.412 e. The van der Waals surface area contributed by atoms with Gasteiger partial charge in [0.2, 0.25) is 18.1 Å². The number of aliphatic hydroxyl groups is 4. The Hall–Kier alpha value is -7.57. The SMILES string of the molecule is CC(C)(C)OC(=O)NC[C@@H](C(=O)NCCC(=O)Nc1cc(C[n+]2cccc(/C=C/C(=O)CCCCCC3CCN(C(=O)c4cccc(NC(=O)OC(C)(C)C)c4)CC3)c2)ccc1O[C@H]1O[C@H](CO)[C@@H](O)[C@H](O)[C@@H]1O)N1C(=O)C=CC1=O. The number of carbonyl (C=O) groups is 8. The number of piperidine rings is 1. The molecule has 4 heterocycles. The Bertz CT molecular complexity index is 2780. The number of hydrogen-bond acceptors (Lipinski definition) is 16. The first-order valence-corrected chi connectivity index (χ1v) is 27.2. The molecule has 0 saturated carbocycles. The summed E-state index contributed by atoms with van der Waals surface area (Å²) in [7, 11) is 0. The summed E-state index contributed by atoms with van der Waals surface area (Å²) < 4.78 is 23.9. The van der Waals surface area contributed by atoms with Crippen molar-refractivity contribution in [3.05, 3.63) is 102 Å². The second-order valence-corrected chi connectivity index (χ2v) is 22.2. The summed E-state index contributed by atoms with van der Waals surface area (Å²) in [6.45, 7) is 10.3. The van der Waals surface area contributed by atoms with E-state index in [2.05, 4.69) is 21.3 Å². The molecular formula is C58H76N7O16+. The van der Waals surface area contributed by atoms with Crippen LogP contribution >= 0.6 is 0 Å². The minimum absolute atomic E-state index is 0.0124. The van der Waals surface area contributed by atoms with Crippen LogP contribution in [-0.4, -0.2) is 158 Å². The van der Waals surface area contributed by atoms with Gasteiger partial charge in [0, 0.05) is 73.1 Å². The number of amides is 7. The number of aliphatic hydroxyl groups excluding tert-OH is 4. The Kier molecular flexibility index (Phi) is 22.2. The van der Waals surface area contributed by atoms with Gasteiger partial charge in [-0.25, -0.2) is 14.2 Å². The maximum Gasteiger partial charge on any atom is 0.412 e. The van der Waals surface area contributed by atoms with E-state index in [4.69, 9.17) is 18.9 Å². The second kappa shape index (κ2) is 28.7. The van der Waals surface area contributed by atoms with E-state index in [9.17, 15) is 58.8 Å². The zero-order valence-corrected chi connectivity index (χ0v) is 46.6. The highest BCUT2D eigenvalue weighted by atomic mass is 16.7. The summed E-state index contributed by atoms with van der Waals surface area (Å²) >= 11 is 0. The molecule has 7 amide bonds. The van der Waals surface area contributed by atoms with Gasteiger partial charge in [-0.1, -0.05) is 25.3 Å². The molecule has 0 radical (unpaired) electrons. The average Bonchev–Trinajstić information content (AvgIpc) is 3.98. The van der Waals surface area contributed by atoms with Crippen LogP contribution in [0.15, 0.2) is 85.2 Å². The first-order chi connectivity index (χ1) is 38.4. The largest absolute Gasteiger partial charge is 0.460 e. The van der Waals surface area contributed by atoms with Crippen molar-refractivity contribution in [3.63, 3.8) is 0 Å². The topological polar surface area (TPSA) is 313 Å². The highest BCUT2D eigenvalue weighted by Crippen LogP contribution is 2.31. The number of unbranched alkanes of at least 4 members (excludes halogenated alkanes) is 2. The number of ketones is 1. The van der Waals surface area contributed by atoms with Gasteiger partial charge in [0.05, 0.1) is 18.8 Å². The van der Waals surface area contributed by atoms with Crippen molar-refractivity contribution in [2.45, 2.75) is 147 Å². The summed E-state index contributed by atoms with van der Waals surface area (Å²) in [5.41, 5.74) is 0.937. The van der Waals surface area contributed by atoms with E-state index in [1.165, 1.54) is 6.07 Å². The number of ether oxygens (including phenoxy) is 4. The number of pyridine rings is 1. The van der Waals surface area contributed by atoms with Crippen LogP contribution in [0.2, 0.25) is 0 Å². The van der Waals surface area contributed by atoms with Crippen molar-refractivity contribution < 1.29 is 82.3 Å². The van der Waals surface area contributed by atoms with Gasteiger partial charge in [-0.3, -0.25) is 39.0 Å². The molecule has 23 heteroatoms. The molecule has 0 bridgehead atoms. The van der Waals surface area contributed by atoms with Crippen molar-refractivity contribution in [2.24, 2.45) is 5.92 Å². The van der Waals surface area contributed by atoms with Crippen molar-refractivity contribution >= 4 is 65.0 Å². The fourth-order valence-electron chi connectivity index (χ4n) is 9.20. The van der Waals surface area contributed by atoms with Crippen LogP contribution in [0, 0.1) is 5.92 Å². The van der Waals surface area contributed by atoms with Gasteiger partial charge in [0.1, 0.15) is 47.4 Å². The molecule has 2 aromatic carbocycles. The number of carbonyl (C=O) groups excluding carboxylic acids is 8. The summed E-state index contributed by atoms with van der Waals surface area (Å²) in [6, 6.07) is 13.8. The number of alkyl carbamates (subject to hydrolysis) is 1. The van der Waals surface area contributed by atoms with E-state index in [-0.39, 0.29) is 42.6 Å². The zero-order chi connectivity index (χ0) is 59.0. The molecule has 3 aliphatic heterocycles. The van der Waals surface area contributed by atoms with Gasteiger partial charge in [0.15, 0.2) is 24.7 Å². The van der Waals surface area contributed by atoms with Gasteiger partial charge < -0.3 is 60.2 Å². The molecule has 0 unspecified atom stereocenters. The van der Waals surface area contributed by atoms with Crippen molar-refractivity contribution in [3.8, 4) is 5.75 Å². The van der Waals surface area contributed by atoms with Gasteiger partial charge >= 0.3 is 12.2 Å². The maximum atomic E-state index is 13.5. The third kappa shape index (κ3) is 19.3. The number of imide groups is 1. The highest BCUT2D eigenvalue weighted by molar-refractivity contribution is 6.15. The number of rotatable bonds is 23. The summed E-state index contributed by atoms with van der Waals surface area (Å²) in [5.74, 6) is -2.67. The first kappa shape index (κ1) is 62.6.